The van der Waals surface area contributed by atoms with E-state index >= 15 is 0 Å². The number of aromatic amines is 2. The molecule has 1 aliphatic rings. The van der Waals surface area contributed by atoms with E-state index in [9.17, 15) is 22.8 Å². The van der Waals surface area contributed by atoms with E-state index in [4.69, 9.17) is 4.74 Å². The minimum Gasteiger partial charge on any atom is -0.375 e. The van der Waals surface area contributed by atoms with Crippen molar-refractivity contribution in [2.75, 3.05) is 6.61 Å². The van der Waals surface area contributed by atoms with Gasteiger partial charge in [-0.25, -0.2) is 4.79 Å². The van der Waals surface area contributed by atoms with E-state index < -0.39 is 28.9 Å². The van der Waals surface area contributed by atoms with Crippen molar-refractivity contribution in [2.45, 2.75) is 18.7 Å². The van der Waals surface area contributed by atoms with Gasteiger partial charge in [0.1, 0.15) is 0 Å². The van der Waals surface area contributed by atoms with Crippen LogP contribution in [0.15, 0.2) is 33.9 Å². The van der Waals surface area contributed by atoms with Gasteiger partial charge in [0.05, 0.1) is 24.3 Å². The Morgan fingerprint density at radius 2 is 1.77 bits per heavy atom. The third kappa shape index (κ3) is 2.57. The summed E-state index contributed by atoms with van der Waals surface area (Å²) in [6.07, 6.45) is -4.41. The molecule has 0 aliphatic carbocycles. The number of ether oxygens (including phenoxy) is 1. The Labute approximate surface area is 121 Å². The number of fused-ring (bicyclic) bond motifs is 1. The first-order chi connectivity index (χ1) is 10.4. The van der Waals surface area contributed by atoms with Crippen molar-refractivity contribution in [1.82, 2.24) is 9.97 Å². The number of halogens is 3. The first-order valence-electron chi connectivity index (χ1n) is 6.46. The zero-order valence-electron chi connectivity index (χ0n) is 11.2. The molecule has 0 spiro atoms. The number of benzene rings is 1. The highest BCUT2D eigenvalue weighted by Gasteiger charge is 2.31. The number of aromatic nitrogens is 2. The fourth-order valence-corrected chi connectivity index (χ4v) is 2.50. The second-order valence-corrected chi connectivity index (χ2v) is 4.99. The van der Waals surface area contributed by atoms with Gasteiger partial charge in [0, 0.05) is 11.6 Å². The zero-order valence-corrected chi connectivity index (χ0v) is 11.2. The van der Waals surface area contributed by atoms with Crippen LogP contribution >= 0.6 is 0 Å². The summed E-state index contributed by atoms with van der Waals surface area (Å²) >= 11 is 0. The standard InChI is InChI=1S/C14H11F3N2O3/c15-14(16,17)8-3-1-7(2-4-8)9-5-22-6-10-11(9)18-13(21)19-12(10)20/h1-4,9H,5-6H2,(H2,18,19,20,21). The highest BCUT2D eigenvalue weighted by molar-refractivity contribution is 5.35. The molecule has 0 fully saturated rings. The van der Waals surface area contributed by atoms with Gasteiger partial charge in [-0.3, -0.25) is 9.78 Å². The van der Waals surface area contributed by atoms with Crippen molar-refractivity contribution in [3.05, 3.63) is 67.5 Å². The lowest BCUT2D eigenvalue weighted by Gasteiger charge is -2.24. The Morgan fingerprint density at radius 3 is 2.41 bits per heavy atom. The molecule has 3 rings (SSSR count). The number of nitrogens with one attached hydrogen (secondary N) is 2. The highest BCUT2D eigenvalue weighted by Crippen LogP contribution is 2.32. The van der Waals surface area contributed by atoms with E-state index in [1.807, 2.05) is 0 Å². The molecule has 22 heavy (non-hydrogen) atoms. The van der Waals surface area contributed by atoms with Gasteiger partial charge in [-0.15, -0.1) is 0 Å². The molecule has 1 aliphatic heterocycles. The Hall–Kier alpha value is -2.35. The molecule has 0 saturated carbocycles. The van der Waals surface area contributed by atoms with Crippen LogP contribution in [0.5, 0.6) is 0 Å². The van der Waals surface area contributed by atoms with Crippen molar-refractivity contribution >= 4 is 0 Å². The molecule has 2 N–H and O–H groups in total. The van der Waals surface area contributed by atoms with Gasteiger partial charge in [-0.05, 0) is 17.7 Å². The van der Waals surface area contributed by atoms with Crippen LogP contribution in [0.2, 0.25) is 0 Å². The summed E-state index contributed by atoms with van der Waals surface area (Å²) in [5, 5.41) is 0. The fraction of sp³-hybridized carbons (Fsp3) is 0.286. The lowest BCUT2D eigenvalue weighted by Crippen LogP contribution is -2.33. The molecule has 1 aromatic carbocycles. The van der Waals surface area contributed by atoms with Gasteiger partial charge in [0.25, 0.3) is 5.56 Å². The summed E-state index contributed by atoms with van der Waals surface area (Å²) < 4.78 is 43.1. The van der Waals surface area contributed by atoms with E-state index in [2.05, 4.69) is 9.97 Å². The van der Waals surface area contributed by atoms with Crippen LogP contribution < -0.4 is 11.2 Å². The van der Waals surface area contributed by atoms with Crippen LogP contribution in [0, 0.1) is 0 Å². The second kappa shape index (κ2) is 5.13. The third-order valence-corrected chi connectivity index (χ3v) is 3.59. The molecule has 8 heteroatoms. The van der Waals surface area contributed by atoms with E-state index in [-0.39, 0.29) is 18.8 Å². The average Bonchev–Trinajstić information content (AvgIpc) is 2.46. The van der Waals surface area contributed by atoms with Crippen molar-refractivity contribution in [3.8, 4) is 0 Å². The average molecular weight is 312 g/mol. The van der Waals surface area contributed by atoms with E-state index in [1.165, 1.54) is 12.1 Å². The Bertz CT molecular complexity index is 806. The van der Waals surface area contributed by atoms with Crippen molar-refractivity contribution < 1.29 is 17.9 Å². The van der Waals surface area contributed by atoms with E-state index in [0.717, 1.165) is 12.1 Å². The lowest BCUT2D eigenvalue weighted by atomic mass is 9.91. The summed E-state index contributed by atoms with van der Waals surface area (Å²) in [7, 11) is 0. The second-order valence-electron chi connectivity index (χ2n) is 4.99. The quantitative estimate of drug-likeness (QED) is 0.842. The molecule has 2 heterocycles. The molecular weight excluding hydrogens is 301 g/mol. The van der Waals surface area contributed by atoms with Crippen LogP contribution in [0.4, 0.5) is 13.2 Å². The van der Waals surface area contributed by atoms with Gasteiger partial charge in [-0.1, -0.05) is 12.1 Å². The molecule has 0 amide bonds. The zero-order chi connectivity index (χ0) is 15.9. The molecule has 0 radical (unpaired) electrons. The smallest absolute Gasteiger partial charge is 0.375 e. The Balaban J connectivity index is 2.05. The summed E-state index contributed by atoms with van der Waals surface area (Å²) in [6, 6.07) is 4.58. The maximum absolute atomic E-state index is 12.6. The van der Waals surface area contributed by atoms with Crippen LogP contribution in [0.3, 0.4) is 0 Å². The van der Waals surface area contributed by atoms with Crippen LogP contribution in [-0.2, 0) is 17.5 Å². The highest BCUT2D eigenvalue weighted by atomic mass is 19.4. The number of rotatable bonds is 1. The minimum absolute atomic E-state index is 0.0541. The molecule has 0 saturated heterocycles. The van der Waals surface area contributed by atoms with Crippen molar-refractivity contribution in [3.63, 3.8) is 0 Å². The fourth-order valence-electron chi connectivity index (χ4n) is 2.50. The van der Waals surface area contributed by atoms with Crippen LogP contribution in [-0.4, -0.2) is 16.6 Å². The summed E-state index contributed by atoms with van der Waals surface area (Å²) in [5.41, 5.74) is -0.740. The van der Waals surface area contributed by atoms with Gasteiger partial charge < -0.3 is 9.72 Å². The molecule has 116 valence electrons. The number of alkyl halides is 3. The first kappa shape index (κ1) is 14.6. The van der Waals surface area contributed by atoms with Gasteiger partial charge >= 0.3 is 11.9 Å². The SMILES string of the molecule is O=c1[nH]c2c(c(=O)[nH]1)COCC2c1ccc(C(F)(F)F)cc1. The number of hydrogen-bond acceptors (Lipinski definition) is 3. The van der Waals surface area contributed by atoms with Gasteiger partial charge in [0.2, 0.25) is 0 Å². The van der Waals surface area contributed by atoms with Crippen LogP contribution in [0.25, 0.3) is 0 Å². The lowest BCUT2D eigenvalue weighted by molar-refractivity contribution is -0.137. The predicted octanol–water partition coefficient (Wildman–Crippen LogP) is 1.74. The summed E-state index contributed by atoms with van der Waals surface area (Å²) in [6.45, 7) is 0.232. The molecule has 5 nitrogen and oxygen atoms in total. The molecule has 1 aromatic heterocycles. The Morgan fingerprint density at radius 1 is 1.09 bits per heavy atom. The minimum atomic E-state index is -4.41. The van der Waals surface area contributed by atoms with Crippen molar-refractivity contribution in [2.24, 2.45) is 0 Å². The van der Waals surface area contributed by atoms with Gasteiger partial charge in [-0.2, -0.15) is 13.2 Å². The van der Waals surface area contributed by atoms with E-state index in [0.29, 0.717) is 11.3 Å². The molecule has 1 atom stereocenters. The van der Waals surface area contributed by atoms with Gasteiger partial charge in [0.15, 0.2) is 0 Å². The monoisotopic (exact) mass is 312 g/mol. The van der Waals surface area contributed by atoms with Crippen molar-refractivity contribution in [1.29, 1.82) is 0 Å². The maximum atomic E-state index is 12.6. The summed E-state index contributed by atoms with van der Waals surface area (Å²) in [4.78, 5) is 27.8. The van der Waals surface area contributed by atoms with E-state index in [1.54, 1.807) is 0 Å². The number of hydrogen-bond donors (Lipinski definition) is 2. The normalized spacial score (nSPS) is 18.0. The summed E-state index contributed by atoms with van der Waals surface area (Å²) in [5.74, 6) is -0.485. The first-order valence-corrected chi connectivity index (χ1v) is 6.46. The third-order valence-electron chi connectivity index (χ3n) is 3.59. The molecule has 1 unspecified atom stereocenters. The molecular formula is C14H11F3N2O3. The predicted molar refractivity (Wildman–Crippen MR) is 70.6 cm³/mol. The molecule has 2 aromatic rings. The Kier molecular flexibility index (Phi) is 3.40. The van der Waals surface area contributed by atoms with Crippen LogP contribution in [0.1, 0.15) is 28.3 Å². The maximum Gasteiger partial charge on any atom is 0.416 e. The largest absolute Gasteiger partial charge is 0.416 e. The number of H-pyrrole nitrogens is 2. The topological polar surface area (TPSA) is 75.0 Å². The molecule has 0 bridgehead atoms.